The molecule has 0 unspecified atom stereocenters. The number of anilines is 1. The van der Waals surface area contributed by atoms with Crippen LogP contribution in [0, 0.1) is 10.1 Å². The normalized spacial score (nSPS) is 13.7. The molecule has 1 saturated heterocycles. The molecule has 1 fully saturated rings. The van der Waals surface area contributed by atoms with Crippen LogP contribution in [0.1, 0.15) is 42.5 Å². The van der Waals surface area contributed by atoms with E-state index in [1.807, 2.05) is 17.0 Å². The maximum absolute atomic E-state index is 12.4. The zero-order chi connectivity index (χ0) is 21.3. The van der Waals surface area contributed by atoms with E-state index in [1.165, 1.54) is 6.07 Å². The smallest absolute Gasteiger partial charge is 0.293 e. The summed E-state index contributed by atoms with van der Waals surface area (Å²) in [6.07, 6.45) is 4.72. The number of carbonyl (C=O) groups is 1. The number of rotatable bonds is 9. The first-order chi connectivity index (χ1) is 14.5. The van der Waals surface area contributed by atoms with Crippen molar-refractivity contribution in [3.63, 3.8) is 0 Å². The molecule has 0 saturated carbocycles. The minimum atomic E-state index is -0.408. The molecule has 8 heteroatoms. The van der Waals surface area contributed by atoms with E-state index in [0.717, 1.165) is 50.9 Å². The minimum Gasteiger partial charge on any atom is -0.494 e. The molecule has 1 heterocycles. The fourth-order valence-electron chi connectivity index (χ4n) is 3.47. The Balaban J connectivity index is 1.47. The number of unbranched alkanes of at least 4 members (excludes halogenated alkanes) is 1. The SMILES string of the molecule is O=C(NCCCCOc1ccc(Cl)cc1)c1ccc(N2CCCCC2)c([N+](=O)[O-])c1. The van der Waals surface area contributed by atoms with Crippen LogP contribution < -0.4 is 15.0 Å². The Bertz CT molecular complexity index is 867. The molecular formula is C22H26ClN3O4. The van der Waals surface area contributed by atoms with E-state index in [2.05, 4.69) is 5.32 Å². The Labute approximate surface area is 181 Å². The molecule has 0 bridgehead atoms. The van der Waals surface area contributed by atoms with Crippen molar-refractivity contribution in [1.82, 2.24) is 5.32 Å². The van der Waals surface area contributed by atoms with Gasteiger partial charge >= 0.3 is 0 Å². The average Bonchev–Trinajstić information content (AvgIpc) is 2.77. The molecule has 2 aromatic rings. The molecule has 0 aromatic heterocycles. The Hall–Kier alpha value is -2.80. The molecule has 0 radical (unpaired) electrons. The fourth-order valence-corrected chi connectivity index (χ4v) is 3.59. The predicted molar refractivity (Wildman–Crippen MR) is 118 cm³/mol. The highest BCUT2D eigenvalue weighted by molar-refractivity contribution is 6.30. The monoisotopic (exact) mass is 431 g/mol. The van der Waals surface area contributed by atoms with Gasteiger partial charge in [-0.05, 0) is 68.5 Å². The standard InChI is InChI=1S/C22H26ClN3O4/c23-18-7-9-19(10-8-18)30-15-5-2-12-24-22(27)17-6-11-20(21(16-17)26(28)29)25-13-3-1-4-14-25/h6-11,16H,1-5,12-15H2,(H,24,27). The van der Waals surface area contributed by atoms with Gasteiger partial charge in [0.1, 0.15) is 11.4 Å². The van der Waals surface area contributed by atoms with Crippen LogP contribution in [0.15, 0.2) is 42.5 Å². The Morgan fingerprint density at radius 2 is 1.83 bits per heavy atom. The molecule has 1 aliphatic heterocycles. The van der Waals surface area contributed by atoms with E-state index in [9.17, 15) is 14.9 Å². The molecule has 7 nitrogen and oxygen atoms in total. The molecule has 160 valence electrons. The van der Waals surface area contributed by atoms with Gasteiger partial charge in [0.05, 0.1) is 11.5 Å². The van der Waals surface area contributed by atoms with E-state index in [0.29, 0.717) is 29.4 Å². The second-order valence-corrected chi connectivity index (χ2v) is 7.71. The number of amides is 1. The number of halogens is 1. The van der Waals surface area contributed by atoms with Gasteiger partial charge in [0.15, 0.2) is 0 Å². The van der Waals surface area contributed by atoms with Gasteiger partial charge in [0.25, 0.3) is 11.6 Å². The molecular weight excluding hydrogens is 406 g/mol. The second kappa shape index (κ2) is 10.8. The number of hydrogen-bond donors (Lipinski definition) is 1. The highest BCUT2D eigenvalue weighted by atomic mass is 35.5. The van der Waals surface area contributed by atoms with Gasteiger partial charge in [0, 0.05) is 36.3 Å². The Morgan fingerprint density at radius 1 is 1.10 bits per heavy atom. The average molecular weight is 432 g/mol. The number of piperidine rings is 1. The van der Waals surface area contributed by atoms with E-state index in [-0.39, 0.29) is 11.6 Å². The third-order valence-electron chi connectivity index (χ3n) is 5.07. The third-order valence-corrected chi connectivity index (χ3v) is 5.32. The summed E-state index contributed by atoms with van der Waals surface area (Å²) in [6, 6.07) is 11.9. The van der Waals surface area contributed by atoms with Crippen molar-refractivity contribution in [2.75, 3.05) is 31.1 Å². The number of nitro groups is 1. The summed E-state index contributed by atoms with van der Waals surface area (Å²) in [7, 11) is 0. The number of carbonyl (C=O) groups excluding carboxylic acids is 1. The molecule has 1 N–H and O–H groups in total. The number of nitrogens with zero attached hydrogens (tertiary/aromatic N) is 2. The number of ether oxygens (including phenoxy) is 1. The molecule has 1 aliphatic rings. The second-order valence-electron chi connectivity index (χ2n) is 7.27. The van der Waals surface area contributed by atoms with Crippen molar-refractivity contribution in [2.45, 2.75) is 32.1 Å². The lowest BCUT2D eigenvalue weighted by Gasteiger charge is -2.28. The van der Waals surface area contributed by atoms with Crippen LogP contribution in [0.2, 0.25) is 5.02 Å². The fraction of sp³-hybridized carbons (Fsp3) is 0.409. The van der Waals surface area contributed by atoms with Gasteiger partial charge in [-0.3, -0.25) is 14.9 Å². The van der Waals surface area contributed by atoms with E-state index in [1.54, 1.807) is 24.3 Å². The maximum atomic E-state index is 12.4. The summed E-state index contributed by atoms with van der Waals surface area (Å²) in [5.74, 6) is 0.450. The summed E-state index contributed by atoms with van der Waals surface area (Å²) in [5.41, 5.74) is 0.886. The molecule has 30 heavy (non-hydrogen) atoms. The van der Waals surface area contributed by atoms with Crippen LogP contribution in [0.5, 0.6) is 5.75 Å². The number of hydrogen-bond acceptors (Lipinski definition) is 5. The molecule has 3 rings (SSSR count). The van der Waals surface area contributed by atoms with Crippen LogP contribution >= 0.6 is 11.6 Å². The molecule has 0 aliphatic carbocycles. The van der Waals surface area contributed by atoms with Gasteiger partial charge < -0.3 is 15.0 Å². The van der Waals surface area contributed by atoms with Gasteiger partial charge in [-0.2, -0.15) is 0 Å². The highest BCUT2D eigenvalue weighted by Gasteiger charge is 2.23. The lowest BCUT2D eigenvalue weighted by atomic mass is 10.1. The highest BCUT2D eigenvalue weighted by Crippen LogP contribution is 2.31. The maximum Gasteiger partial charge on any atom is 0.293 e. The van der Waals surface area contributed by atoms with Crippen molar-refractivity contribution >= 4 is 28.9 Å². The topological polar surface area (TPSA) is 84.7 Å². The summed E-state index contributed by atoms with van der Waals surface area (Å²) in [6.45, 7) is 2.63. The Morgan fingerprint density at radius 3 is 2.53 bits per heavy atom. The molecule has 0 spiro atoms. The minimum absolute atomic E-state index is 0.0130. The van der Waals surface area contributed by atoms with Crippen molar-refractivity contribution in [2.24, 2.45) is 0 Å². The van der Waals surface area contributed by atoms with E-state index < -0.39 is 4.92 Å². The Kier molecular flexibility index (Phi) is 7.90. The summed E-state index contributed by atoms with van der Waals surface area (Å²) >= 11 is 5.83. The van der Waals surface area contributed by atoms with Crippen LogP contribution in [0.4, 0.5) is 11.4 Å². The first-order valence-corrected chi connectivity index (χ1v) is 10.6. The summed E-state index contributed by atoms with van der Waals surface area (Å²) in [4.78, 5) is 25.6. The van der Waals surface area contributed by atoms with Crippen LogP contribution in [-0.2, 0) is 0 Å². The number of nitro benzene ring substituents is 1. The summed E-state index contributed by atoms with van der Waals surface area (Å²) < 4.78 is 5.61. The van der Waals surface area contributed by atoms with E-state index in [4.69, 9.17) is 16.3 Å². The van der Waals surface area contributed by atoms with Crippen molar-refractivity contribution in [1.29, 1.82) is 0 Å². The van der Waals surface area contributed by atoms with Crippen LogP contribution in [-0.4, -0.2) is 37.1 Å². The first kappa shape index (κ1) is 21.9. The molecule has 1 amide bonds. The summed E-state index contributed by atoms with van der Waals surface area (Å²) in [5, 5.41) is 15.0. The molecule has 0 atom stereocenters. The first-order valence-electron chi connectivity index (χ1n) is 10.2. The molecule has 2 aromatic carbocycles. The quantitative estimate of drug-likeness (QED) is 0.349. The van der Waals surface area contributed by atoms with Crippen LogP contribution in [0.25, 0.3) is 0 Å². The number of nitrogens with one attached hydrogen (secondary N) is 1. The third kappa shape index (κ3) is 6.10. The van der Waals surface area contributed by atoms with Crippen LogP contribution in [0.3, 0.4) is 0 Å². The zero-order valence-corrected chi connectivity index (χ0v) is 17.6. The van der Waals surface area contributed by atoms with Gasteiger partial charge in [-0.25, -0.2) is 0 Å². The van der Waals surface area contributed by atoms with Gasteiger partial charge in [0.2, 0.25) is 0 Å². The van der Waals surface area contributed by atoms with Crippen molar-refractivity contribution < 1.29 is 14.5 Å². The predicted octanol–water partition coefficient (Wildman–Crippen LogP) is 4.83. The number of benzene rings is 2. The zero-order valence-electron chi connectivity index (χ0n) is 16.8. The van der Waals surface area contributed by atoms with Crippen molar-refractivity contribution in [3.05, 3.63) is 63.2 Å². The van der Waals surface area contributed by atoms with Crippen molar-refractivity contribution in [3.8, 4) is 5.75 Å². The lowest BCUT2D eigenvalue weighted by molar-refractivity contribution is -0.384. The lowest BCUT2D eigenvalue weighted by Crippen LogP contribution is -2.30. The van der Waals surface area contributed by atoms with Gasteiger partial charge in [-0.15, -0.1) is 0 Å². The van der Waals surface area contributed by atoms with Gasteiger partial charge in [-0.1, -0.05) is 11.6 Å². The largest absolute Gasteiger partial charge is 0.494 e. The van der Waals surface area contributed by atoms with E-state index >= 15 is 0 Å².